The third-order valence-electron chi connectivity index (χ3n) is 4.59. The van der Waals surface area contributed by atoms with Gasteiger partial charge in [-0.2, -0.15) is 11.8 Å². The van der Waals surface area contributed by atoms with E-state index in [2.05, 4.69) is 25.9 Å². The van der Waals surface area contributed by atoms with E-state index in [1.807, 2.05) is 6.26 Å². The van der Waals surface area contributed by atoms with Gasteiger partial charge in [0, 0.05) is 18.3 Å². The van der Waals surface area contributed by atoms with Gasteiger partial charge < -0.3 is 37.5 Å². The van der Waals surface area contributed by atoms with Crippen LogP contribution in [0.5, 0.6) is 0 Å². The normalized spacial score (nSPS) is 13.6. The number of carbonyl (C=O) groups excluding carboxylic acids is 3. The van der Waals surface area contributed by atoms with E-state index in [0.29, 0.717) is 30.8 Å². The van der Waals surface area contributed by atoms with Gasteiger partial charge in [-0.25, -0.2) is 9.78 Å². The lowest BCUT2D eigenvalue weighted by molar-refractivity contribution is -0.142. The zero-order valence-electron chi connectivity index (χ0n) is 18.1. The summed E-state index contributed by atoms with van der Waals surface area (Å²) in [5.74, 6) is -2.34. The molecule has 3 amide bonds. The SMILES string of the molecule is CSCCC(NC(=O)C(Cc1cnc[nH]1)NC(=O)CNC(=O)C(N)CCCCN)C(=O)O. The molecule has 0 aromatic carbocycles. The average Bonchev–Trinajstić information content (AvgIpc) is 3.27. The summed E-state index contributed by atoms with van der Waals surface area (Å²) in [6.45, 7) is 0.140. The molecule has 180 valence electrons. The number of carboxylic acids is 1. The lowest BCUT2D eigenvalue weighted by Gasteiger charge is -2.21. The number of rotatable bonds is 16. The lowest BCUT2D eigenvalue weighted by Crippen LogP contribution is -2.54. The Kier molecular flexibility index (Phi) is 13.0. The molecule has 13 heteroatoms. The predicted octanol–water partition coefficient (Wildman–Crippen LogP) is -1.67. The second-order valence-corrected chi connectivity index (χ2v) is 8.18. The highest BCUT2D eigenvalue weighted by Gasteiger charge is 2.27. The van der Waals surface area contributed by atoms with Crippen molar-refractivity contribution in [2.45, 2.75) is 50.2 Å². The van der Waals surface area contributed by atoms with Crippen molar-refractivity contribution in [1.29, 1.82) is 0 Å². The van der Waals surface area contributed by atoms with Gasteiger partial charge in [-0.05, 0) is 37.8 Å². The largest absolute Gasteiger partial charge is 0.480 e. The highest BCUT2D eigenvalue weighted by atomic mass is 32.2. The van der Waals surface area contributed by atoms with Crippen molar-refractivity contribution in [3.63, 3.8) is 0 Å². The van der Waals surface area contributed by atoms with Crippen molar-refractivity contribution >= 4 is 35.5 Å². The first-order valence-corrected chi connectivity index (χ1v) is 11.7. The molecule has 0 aliphatic heterocycles. The Morgan fingerprint density at radius 2 is 1.91 bits per heavy atom. The molecule has 0 radical (unpaired) electrons. The summed E-state index contributed by atoms with van der Waals surface area (Å²) >= 11 is 1.46. The number of hydrogen-bond donors (Lipinski definition) is 7. The smallest absolute Gasteiger partial charge is 0.326 e. The summed E-state index contributed by atoms with van der Waals surface area (Å²) in [6, 6.07) is -2.90. The fourth-order valence-electron chi connectivity index (χ4n) is 2.77. The van der Waals surface area contributed by atoms with Gasteiger partial charge in [0.15, 0.2) is 0 Å². The minimum absolute atomic E-state index is 0.0684. The van der Waals surface area contributed by atoms with Crippen LogP contribution in [-0.4, -0.2) is 82.0 Å². The number of carboxylic acid groups (broad SMARTS) is 1. The summed E-state index contributed by atoms with van der Waals surface area (Å²) in [5.41, 5.74) is 11.8. The quantitative estimate of drug-likeness (QED) is 0.137. The first-order chi connectivity index (χ1) is 15.3. The van der Waals surface area contributed by atoms with Crippen molar-refractivity contribution in [1.82, 2.24) is 25.9 Å². The van der Waals surface area contributed by atoms with Gasteiger partial charge in [0.1, 0.15) is 12.1 Å². The minimum Gasteiger partial charge on any atom is -0.480 e. The van der Waals surface area contributed by atoms with Crippen LogP contribution in [0.2, 0.25) is 0 Å². The number of H-pyrrole nitrogens is 1. The number of amides is 3. The lowest BCUT2D eigenvalue weighted by atomic mass is 10.1. The van der Waals surface area contributed by atoms with E-state index in [0.717, 1.165) is 6.42 Å². The van der Waals surface area contributed by atoms with Gasteiger partial charge in [0.25, 0.3) is 0 Å². The van der Waals surface area contributed by atoms with Gasteiger partial charge in [0.05, 0.1) is 18.9 Å². The molecule has 0 saturated heterocycles. The van der Waals surface area contributed by atoms with Crippen LogP contribution in [0.3, 0.4) is 0 Å². The number of unbranched alkanes of at least 4 members (excludes halogenated alkanes) is 1. The Bertz CT molecular complexity index is 732. The average molecular weight is 472 g/mol. The molecule has 0 saturated carbocycles. The van der Waals surface area contributed by atoms with Crippen LogP contribution in [-0.2, 0) is 25.6 Å². The molecule has 9 N–H and O–H groups in total. The third kappa shape index (κ3) is 10.6. The number of hydrogen-bond acceptors (Lipinski definition) is 8. The monoisotopic (exact) mass is 471 g/mol. The summed E-state index contributed by atoms with van der Waals surface area (Å²) in [7, 11) is 0. The van der Waals surface area contributed by atoms with E-state index >= 15 is 0 Å². The molecule has 0 fully saturated rings. The van der Waals surface area contributed by atoms with Crippen LogP contribution in [0.1, 0.15) is 31.4 Å². The van der Waals surface area contributed by atoms with Crippen molar-refractivity contribution in [3.05, 3.63) is 18.2 Å². The number of nitrogens with two attached hydrogens (primary N) is 2. The maximum atomic E-state index is 12.7. The summed E-state index contributed by atoms with van der Waals surface area (Å²) < 4.78 is 0. The van der Waals surface area contributed by atoms with Crippen LogP contribution in [0.25, 0.3) is 0 Å². The molecule has 1 heterocycles. The topological polar surface area (TPSA) is 205 Å². The molecule has 0 aliphatic carbocycles. The Labute approximate surface area is 191 Å². The minimum atomic E-state index is -1.16. The fraction of sp³-hybridized carbons (Fsp3) is 0.632. The number of thioether (sulfide) groups is 1. The van der Waals surface area contributed by atoms with Gasteiger partial charge in [-0.1, -0.05) is 6.42 Å². The second kappa shape index (κ2) is 15.2. The summed E-state index contributed by atoms with van der Waals surface area (Å²) in [6.07, 6.45) is 6.96. The first-order valence-electron chi connectivity index (χ1n) is 10.3. The molecule has 0 bridgehead atoms. The Hall–Kier alpha value is -2.64. The van der Waals surface area contributed by atoms with Crippen molar-refractivity contribution in [2.24, 2.45) is 11.5 Å². The number of nitrogens with zero attached hydrogens (tertiary/aromatic N) is 1. The molecular weight excluding hydrogens is 438 g/mol. The highest BCUT2D eigenvalue weighted by Crippen LogP contribution is 2.04. The van der Waals surface area contributed by atoms with E-state index < -0.39 is 41.8 Å². The Morgan fingerprint density at radius 3 is 2.50 bits per heavy atom. The zero-order valence-corrected chi connectivity index (χ0v) is 19.0. The third-order valence-corrected chi connectivity index (χ3v) is 5.23. The predicted molar refractivity (Wildman–Crippen MR) is 121 cm³/mol. The number of aromatic amines is 1. The van der Waals surface area contributed by atoms with E-state index in [1.54, 1.807) is 0 Å². The summed E-state index contributed by atoms with van der Waals surface area (Å²) in [4.78, 5) is 55.3. The molecular formula is C19H33N7O5S. The molecule has 3 atom stereocenters. The maximum absolute atomic E-state index is 12.7. The molecule has 12 nitrogen and oxygen atoms in total. The Morgan fingerprint density at radius 1 is 1.16 bits per heavy atom. The molecule has 1 aromatic heterocycles. The fourth-order valence-corrected chi connectivity index (χ4v) is 3.25. The summed E-state index contributed by atoms with van der Waals surface area (Å²) in [5, 5.41) is 16.8. The van der Waals surface area contributed by atoms with Gasteiger partial charge in [-0.15, -0.1) is 0 Å². The number of aromatic nitrogens is 2. The standard InChI is InChI=1S/C19H33N7O5S/c1-32-7-5-14(19(30)31)26-18(29)15(8-12-9-22-11-24-12)25-16(27)10-23-17(28)13(21)4-2-3-6-20/h9,11,13-15H,2-8,10,20-21H2,1H3,(H,22,24)(H,23,28)(H,25,27)(H,26,29)(H,30,31). The molecule has 1 rings (SSSR count). The first kappa shape index (κ1) is 27.4. The van der Waals surface area contributed by atoms with Crippen LogP contribution in [0.4, 0.5) is 0 Å². The zero-order chi connectivity index (χ0) is 23.9. The molecule has 0 aliphatic rings. The molecule has 0 spiro atoms. The number of aliphatic carboxylic acids is 1. The van der Waals surface area contributed by atoms with E-state index in [1.165, 1.54) is 24.3 Å². The maximum Gasteiger partial charge on any atom is 0.326 e. The van der Waals surface area contributed by atoms with Crippen LogP contribution >= 0.6 is 11.8 Å². The second-order valence-electron chi connectivity index (χ2n) is 7.19. The number of carbonyl (C=O) groups is 4. The van der Waals surface area contributed by atoms with Gasteiger partial charge in [-0.3, -0.25) is 14.4 Å². The van der Waals surface area contributed by atoms with E-state index in [-0.39, 0.29) is 19.4 Å². The van der Waals surface area contributed by atoms with Gasteiger partial charge in [0.2, 0.25) is 17.7 Å². The van der Waals surface area contributed by atoms with Crippen molar-refractivity contribution in [3.8, 4) is 0 Å². The van der Waals surface area contributed by atoms with Crippen LogP contribution in [0, 0.1) is 0 Å². The van der Waals surface area contributed by atoms with Crippen LogP contribution in [0.15, 0.2) is 12.5 Å². The van der Waals surface area contributed by atoms with E-state index in [9.17, 15) is 24.3 Å². The van der Waals surface area contributed by atoms with Crippen molar-refractivity contribution in [2.75, 3.05) is 25.1 Å². The van der Waals surface area contributed by atoms with Crippen LogP contribution < -0.4 is 27.4 Å². The van der Waals surface area contributed by atoms with Crippen molar-refractivity contribution < 1.29 is 24.3 Å². The molecule has 3 unspecified atom stereocenters. The van der Waals surface area contributed by atoms with E-state index in [4.69, 9.17) is 11.5 Å². The Balaban J connectivity index is 2.69. The number of nitrogens with one attached hydrogen (secondary N) is 4. The molecule has 1 aromatic rings. The highest BCUT2D eigenvalue weighted by molar-refractivity contribution is 7.98. The number of imidazole rings is 1. The molecule has 32 heavy (non-hydrogen) atoms. The van der Waals surface area contributed by atoms with Gasteiger partial charge >= 0.3 is 5.97 Å².